The van der Waals surface area contributed by atoms with Gasteiger partial charge in [-0.3, -0.25) is 9.47 Å². The van der Waals surface area contributed by atoms with Gasteiger partial charge in [0.05, 0.1) is 30.5 Å². The maximum atomic E-state index is 6.17. The number of nitrogens with zero attached hydrogens (tertiary/aromatic N) is 4. The summed E-state index contributed by atoms with van der Waals surface area (Å²) >= 11 is 12.2. The van der Waals surface area contributed by atoms with E-state index in [-0.39, 0.29) is 5.28 Å². The zero-order valence-electron chi connectivity index (χ0n) is 14.9. The molecule has 0 unspecified atom stereocenters. The number of nitrogens with one attached hydrogen (secondary N) is 1. The summed E-state index contributed by atoms with van der Waals surface area (Å²) < 4.78 is 0.486. The van der Waals surface area contributed by atoms with Crippen LogP contribution in [-0.2, 0) is 0 Å². The van der Waals surface area contributed by atoms with E-state index in [0.29, 0.717) is 16.2 Å². The molecule has 0 aliphatic carbocycles. The number of rotatable bonds is 4. The van der Waals surface area contributed by atoms with E-state index in [1.165, 1.54) is 0 Å². The van der Waals surface area contributed by atoms with Crippen molar-refractivity contribution >= 4 is 56.5 Å². The summed E-state index contributed by atoms with van der Waals surface area (Å²) in [6.45, 7) is 0.610. The molecule has 0 spiro atoms. The average molecular weight is 399 g/mol. The summed E-state index contributed by atoms with van der Waals surface area (Å²) in [5.74, 6) is 0.861. The fourth-order valence-electron chi connectivity index (χ4n) is 3.13. The smallest absolute Gasteiger partial charge is 0.240 e. The molecule has 0 aliphatic rings. The SMILES string of the molecule is C[N+](C)(CNc1ccnc2cc(Cl)ccc12)c1nc(Cl)nc2ccccc12. The first kappa shape index (κ1) is 17.9. The monoisotopic (exact) mass is 398 g/mol. The van der Waals surface area contributed by atoms with E-state index in [4.69, 9.17) is 23.2 Å². The van der Waals surface area contributed by atoms with Crippen molar-refractivity contribution < 1.29 is 0 Å². The number of pyridine rings is 1. The Morgan fingerprint density at radius 3 is 2.59 bits per heavy atom. The third-order valence-corrected chi connectivity index (χ3v) is 4.90. The molecule has 4 aromatic rings. The van der Waals surface area contributed by atoms with Crippen molar-refractivity contribution in [3.8, 4) is 0 Å². The van der Waals surface area contributed by atoms with Gasteiger partial charge in [0.1, 0.15) is 0 Å². The molecule has 27 heavy (non-hydrogen) atoms. The lowest BCUT2D eigenvalue weighted by Crippen LogP contribution is -2.45. The Balaban J connectivity index is 1.69. The van der Waals surface area contributed by atoms with E-state index >= 15 is 0 Å². The van der Waals surface area contributed by atoms with Gasteiger partial charge < -0.3 is 5.32 Å². The van der Waals surface area contributed by atoms with Crippen molar-refractivity contribution in [2.45, 2.75) is 0 Å². The number of quaternary nitrogens is 1. The molecular weight excluding hydrogens is 381 g/mol. The molecule has 2 aromatic carbocycles. The summed E-state index contributed by atoms with van der Waals surface area (Å²) in [6, 6.07) is 15.6. The molecule has 2 heterocycles. The van der Waals surface area contributed by atoms with Crippen molar-refractivity contribution in [2.24, 2.45) is 0 Å². The van der Waals surface area contributed by atoms with Crippen LogP contribution in [0.3, 0.4) is 0 Å². The zero-order valence-corrected chi connectivity index (χ0v) is 16.5. The number of anilines is 1. The van der Waals surface area contributed by atoms with Gasteiger partial charge in [-0.25, -0.2) is 4.98 Å². The van der Waals surface area contributed by atoms with E-state index in [2.05, 4.69) is 34.4 Å². The molecule has 0 saturated heterocycles. The minimum Gasteiger partial charge on any atom is -0.338 e. The van der Waals surface area contributed by atoms with E-state index in [0.717, 1.165) is 33.3 Å². The van der Waals surface area contributed by atoms with Gasteiger partial charge in [0.15, 0.2) is 6.67 Å². The lowest BCUT2D eigenvalue weighted by molar-refractivity contribution is 0.419. The molecule has 5 nitrogen and oxygen atoms in total. The predicted octanol–water partition coefficient (Wildman–Crippen LogP) is 5.12. The van der Waals surface area contributed by atoms with Crippen molar-refractivity contribution in [1.82, 2.24) is 19.4 Å². The van der Waals surface area contributed by atoms with Crippen LogP contribution in [0.4, 0.5) is 11.5 Å². The average Bonchev–Trinajstić information content (AvgIpc) is 2.65. The summed E-state index contributed by atoms with van der Waals surface area (Å²) in [4.78, 5) is 13.2. The molecule has 136 valence electrons. The van der Waals surface area contributed by atoms with Crippen LogP contribution < -0.4 is 9.80 Å². The second kappa shape index (κ2) is 6.93. The minimum atomic E-state index is 0.249. The van der Waals surface area contributed by atoms with Crippen molar-refractivity contribution in [1.29, 1.82) is 0 Å². The van der Waals surface area contributed by atoms with Gasteiger partial charge in [-0.05, 0) is 48.0 Å². The molecule has 0 radical (unpaired) electrons. The maximum Gasteiger partial charge on any atom is 0.240 e. The van der Waals surface area contributed by atoms with Crippen LogP contribution in [0.5, 0.6) is 0 Å². The molecule has 4 rings (SSSR count). The van der Waals surface area contributed by atoms with E-state index in [1.54, 1.807) is 6.20 Å². The largest absolute Gasteiger partial charge is 0.338 e. The molecule has 0 aliphatic heterocycles. The summed E-state index contributed by atoms with van der Waals surface area (Å²) in [6.07, 6.45) is 1.78. The van der Waals surface area contributed by atoms with E-state index in [9.17, 15) is 0 Å². The van der Waals surface area contributed by atoms with Crippen LogP contribution in [-0.4, -0.2) is 35.7 Å². The highest BCUT2D eigenvalue weighted by atomic mass is 35.5. The fraction of sp³-hybridized carbons (Fsp3) is 0.150. The first-order valence-electron chi connectivity index (χ1n) is 8.48. The van der Waals surface area contributed by atoms with E-state index < -0.39 is 0 Å². The fourth-order valence-corrected chi connectivity index (χ4v) is 3.46. The molecule has 7 heteroatoms. The molecule has 1 N–H and O–H groups in total. The number of para-hydroxylation sites is 1. The van der Waals surface area contributed by atoms with Gasteiger partial charge in [0, 0.05) is 22.3 Å². The maximum absolute atomic E-state index is 6.17. The number of hydrogen-bond acceptors (Lipinski definition) is 4. The molecule has 0 bridgehead atoms. The van der Waals surface area contributed by atoms with Crippen molar-refractivity contribution in [3.05, 3.63) is 65.0 Å². The summed E-state index contributed by atoms with van der Waals surface area (Å²) in [5, 5.41) is 6.44. The van der Waals surface area contributed by atoms with Crippen LogP contribution in [0, 0.1) is 0 Å². The second-order valence-corrected chi connectivity index (χ2v) is 7.65. The highest BCUT2D eigenvalue weighted by Crippen LogP contribution is 2.29. The molecule has 2 aromatic heterocycles. The van der Waals surface area contributed by atoms with Crippen LogP contribution in [0.25, 0.3) is 21.8 Å². The van der Waals surface area contributed by atoms with Crippen LogP contribution >= 0.6 is 23.2 Å². The van der Waals surface area contributed by atoms with Gasteiger partial charge in [0.25, 0.3) is 0 Å². The lowest BCUT2D eigenvalue weighted by atomic mass is 10.2. The van der Waals surface area contributed by atoms with Gasteiger partial charge >= 0.3 is 0 Å². The Bertz CT molecular complexity index is 1140. The number of hydrogen-bond donors (Lipinski definition) is 1. The number of benzene rings is 2. The standard InChI is InChI=1S/C20H18Cl2N5/c1-27(2,19-15-5-3-4-6-17(15)25-20(22)26-19)12-24-16-9-10-23-18-11-13(21)7-8-14(16)18/h3-11H,12H2,1-2H3,(H,23,24)/q+1. The predicted molar refractivity (Wildman–Crippen MR) is 113 cm³/mol. The molecule has 0 fully saturated rings. The van der Waals surface area contributed by atoms with Gasteiger partial charge in [-0.1, -0.05) is 23.7 Å². The van der Waals surface area contributed by atoms with Gasteiger partial charge in [-0.2, -0.15) is 4.98 Å². The number of fused-ring (bicyclic) bond motifs is 2. The van der Waals surface area contributed by atoms with Crippen molar-refractivity contribution in [2.75, 3.05) is 26.1 Å². The summed E-state index contributed by atoms with van der Waals surface area (Å²) in [5.41, 5.74) is 2.68. The van der Waals surface area contributed by atoms with Gasteiger partial charge in [0.2, 0.25) is 11.1 Å². The van der Waals surface area contributed by atoms with Crippen molar-refractivity contribution in [3.63, 3.8) is 0 Å². The number of aromatic nitrogens is 3. The third kappa shape index (κ3) is 3.54. The highest BCUT2D eigenvalue weighted by molar-refractivity contribution is 6.31. The second-order valence-electron chi connectivity index (χ2n) is 6.87. The quantitative estimate of drug-likeness (QED) is 0.294. The highest BCUT2D eigenvalue weighted by Gasteiger charge is 2.25. The lowest BCUT2D eigenvalue weighted by Gasteiger charge is -2.29. The van der Waals surface area contributed by atoms with Gasteiger partial charge in [-0.15, -0.1) is 0 Å². The Labute approximate surface area is 167 Å². The van der Waals surface area contributed by atoms with Crippen LogP contribution in [0.2, 0.25) is 10.3 Å². The van der Waals surface area contributed by atoms with Crippen LogP contribution in [0.1, 0.15) is 0 Å². The summed E-state index contributed by atoms with van der Waals surface area (Å²) in [7, 11) is 4.16. The first-order valence-corrected chi connectivity index (χ1v) is 9.24. The Kier molecular flexibility index (Phi) is 4.60. The molecule has 0 saturated carbocycles. The molecule has 0 atom stereocenters. The van der Waals surface area contributed by atoms with Crippen LogP contribution in [0.15, 0.2) is 54.7 Å². The van der Waals surface area contributed by atoms with E-state index in [1.807, 2.05) is 48.5 Å². The normalized spacial score (nSPS) is 11.9. The molecular formula is C20H18Cl2N5+. The Morgan fingerprint density at radius 1 is 0.926 bits per heavy atom. The first-order chi connectivity index (χ1) is 12.9. The molecule has 0 amide bonds. The zero-order chi connectivity index (χ0) is 19.0. The third-order valence-electron chi connectivity index (χ3n) is 4.50. The Morgan fingerprint density at radius 2 is 1.74 bits per heavy atom. The number of halogens is 2. The minimum absolute atomic E-state index is 0.249. The topological polar surface area (TPSA) is 50.7 Å². The Hall–Kier alpha value is -2.47.